The van der Waals surface area contributed by atoms with E-state index >= 15 is 0 Å². The van der Waals surface area contributed by atoms with Gasteiger partial charge in [0.1, 0.15) is 0 Å². The lowest BCUT2D eigenvalue weighted by molar-refractivity contribution is -0.385. The summed E-state index contributed by atoms with van der Waals surface area (Å²) in [7, 11) is 3.59. The van der Waals surface area contributed by atoms with E-state index in [1.54, 1.807) is 31.1 Å². The third-order valence-electron chi connectivity index (χ3n) is 2.13. The average molecular weight is 236 g/mol. The van der Waals surface area contributed by atoms with Gasteiger partial charge in [0.25, 0.3) is 5.69 Å². The molecule has 0 fully saturated rings. The highest BCUT2D eigenvalue weighted by molar-refractivity contribution is 5.86. The van der Waals surface area contributed by atoms with E-state index in [2.05, 4.69) is 0 Å². The van der Waals surface area contributed by atoms with E-state index in [9.17, 15) is 14.9 Å². The van der Waals surface area contributed by atoms with Crippen molar-refractivity contribution < 1.29 is 14.8 Å². The van der Waals surface area contributed by atoms with Crippen LogP contribution in [0.2, 0.25) is 0 Å². The quantitative estimate of drug-likeness (QED) is 0.489. The molecule has 1 aromatic rings. The second-order valence-electron chi connectivity index (χ2n) is 3.57. The number of rotatable bonds is 4. The van der Waals surface area contributed by atoms with Crippen molar-refractivity contribution >= 4 is 23.4 Å². The van der Waals surface area contributed by atoms with Crippen LogP contribution in [0.15, 0.2) is 24.3 Å². The van der Waals surface area contributed by atoms with Crippen LogP contribution in [0.1, 0.15) is 5.56 Å². The van der Waals surface area contributed by atoms with Gasteiger partial charge in [-0.05, 0) is 18.2 Å². The average Bonchev–Trinajstić information content (AvgIpc) is 2.25. The first-order valence-corrected chi connectivity index (χ1v) is 4.78. The molecule has 0 spiro atoms. The molecule has 0 heterocycles. The first-order chi connectivity index (χ1) is 7.91. The molecular weight excluding hydrogens is 224 g/mol. The summed E-state index contributed by atoms with van der Waals surface area (Å²) in [5.74, 6) is -1.14. The van der Waals surface area contributed by atoms with Crippen LogP contribution in [0.25, 0.3) is 6.08 Å². The Morgan fingerprint density at radius 2 is 2.12 bits per heavy atom. The lowest BCUT2D eigenvalue weighted by Crippen LogP contribution is -2.08. The third-order valence-corrected chi connectivity index (χ3v) is 2.13. The second-order valence-corrected chi connectivity index (χ2v) is 3.57. The van der Waals surface area contributed by atoms with Gasteiger partial charge in [0.05, 0.1) is 10.5 Å². The summed E-state index contributed by atoms with van der Waals surface area (Å²) in [4.78, 5) is 22.4. The number of nitro groups is 1. The summed E-state index contributed by atoms with van der Waals surface area (Å²) in [6.45, 7) is 0. The zero-order valence-electron chi connectivity index (χ0n) is 9.45. The molecule has 0 aliphatic heterocycles. The largest absolute Gasteiger partial charge is 0.478 e. The molecule has 0 amide bonds. The number of hydrogen-bond donors (Lipinski definition) is 1. The fourth-order valence-electron chi connectivity index (χ4n) is 1.28. The Bertz CT molecular complexity index is 480. The molecular formula is C11H12N2O4. The summed E-state index contributed by atoms with van der Waals surface area (Å²) in [5, 5.41) is 19.3. The summed E-state index contributed by atoms with van der Waals surface area (Å²) < 4.78 is 0. The highest BCUT2D eigenvalue weighted by Gasteiger charge is 2.12. The molecule has 0 radical (unpaired) electrons. The SMILES string of the molecule is CN(C)c1ccc([N+](=O)[O-])c(/C=C/C(=O)O)c1. The molecule has 1 aromatic carbocycles. The minimum absolute atomic E-state index is 0.117. The van der Waals surface area contributed by atoms with Crippen LogP contribution >= 0.6 is 0 Å². The number of carbonyl (C=O) groups is 1. The topological polar surface area (TPSA) is 83.7 Å². The predicted octanol–water partition coefficient (Wildman–Crippen LogP) is 1.76. The van der Waals surface area contributed by atoms with E-state index in [0.29, 0.717) is 0 Å². The Labute approximate surface area is 97.9 Å². The molecule has 0 aliphatic rings. The maximum atomic E-state index is 10.8. The molecule has 0 atom stereocenters. The summed E-state index contributed by atoms with van der Waals surface area (Å²) in [6, 6.07) is 4.53. The van der Waals surface area contributed by atoms with Gasteiger partial charge in [-0.1, -0.05) is 0 Å². The van der Waals surface area contributed by atoms with Crippen molar-refractivity contribution in [3.05, 3.63) is 40.0 Å². The summed E-state index contributed by atoms with van der Waals surface area (Å²) in [5.41, 5.74) is 0.914. The van der Waals surface area contributed by atoms with Gasteiger partial charge in [-0.2, -0.15) is 0 Å². The number of nitrogens with zero attached hydrogens (tertiary/aromatic N) is 2. The summed E-state index contributed by atoms with van der Waals surface area (Å²) in [6.07, 6.45) is 2.09. The van der Waals surface area contributed by atoms with Crippen LogP contribution < -0.4 is 4.90 Å². The normalized spacial score (nSPS) is 10.5. The van der Waals surface area contributed by atoms with Crippen LogP contribution in [-0.4, -0.2) is 30.1 Å². The Balaban J connectivity index is 3.25. The van der Waals surface area contributed by atoms with Crippen molar-refractivity contribution in [1.29, 1.82) is 0 Å². The summed E-state index contributed by atoms with van der Waals surface area (Å²) >= 11 is 0. The van der Waals surface area contributed by atoms with Gasteiger partial charge in [0.2, 0.25) is 0 Å². The number of carboxylic acid groups (broad SMARTS) is 1. The number of anilines is 1. The van der Waals surface area contributed by atoms with Gasteiger partial charge in [-0.3, -0.25) is 10.1 Å². The van der Waals surface area contributed by atoms with Crippen molar-refractivity contribution in [2.75, 3.05) is 19.0 Å². The molecule has 1 rings (SSSR count). The monoisotopic (exact) mass is 236 g/mol. The third kappa shape index (κ3) is 3.30. The van der Waals surface area contributed by atoms with Crippen molar-refractivity contribution in [2.45, 2.75) is 0 Å². The van der Waals surface area contributed by atoms with Gasteiger partial charge in [0, 0.05) is 31.9 Å². The van der Waals surface area contributed by atoms with Gasteiger partial charge in [-0.15, -0.1) is 0 Å². The van der Waals surface area contributed by atoms with Crippen LogP contribution in [0.4, 0.5) is 11.4 Å². The fourth-order valence-corrected chi connectivity index (χ4v) is 1.28. The zero-order valence-corrected chi connectivity index (χ0v) is 9.45. The molecule has 0 saturated heterocycles. The van der Waals surface area contributed by atoms with Crippen LogP contribution in [0.5, 0.6) is 0 Å². The Morgan fingerprint density at radius 1 is 1.47 bits per heavy atom. The predicted molar refractivity (Wildman–Crippen MR) is 64.1 cm³/mol. The van der Waals surface area contributed by atoms with Crippen LogP contribution in [0.3, 0.4) is 0 Å². The molecule has 0 unspecified atom stereocenters. The van der Waals surface area contributed by atoms with E-state index in [0.717, 1.165) is 11.8 Å². The Hall–Kier alpha value is -2.37. The number of benzene rings is 1. The van der Waals surface area contributed by atoms with Crippen molar-refractivity contribution in [2.24, 2.45) is 0 Å². The first-order valence-electron chi connectivity index (χ1n) is 4.78. The molecule has 1 N–H and O–H groups in total. The van der Waals surface area contributed by atoms with E-state index in [1.165, 1.54) is 12.1 Å². The molecule has 0 bridgehead atoms. The smallest absolute Gasteiger partial charge is 0.328 e. The fraction of sp³-hybridized carbons (Fsp3) is 0.182. The Morgan fingerprint density at radius 3 is 2.59 bits per heavy atom. The van der Waals surface area contributed by atoms with E-state index in [-0.39, 0.29) is 11.3 Å². The lowest BCUT2D eigenvalue weighted by atomic mass is 10.1. The van der Waals surface area contributed by atoms with E-state index in [1.807, 2.05) is 0 Å². The molecule has 0 aromatic heterocycles. The first kappa shape index (κ1) is 12.7. The maximum Gasteiger partial charge on any atom is 0.328 e. The standard InChI is InChI=1S/C11H12N2O4/c1-12(2)9-4-5-10(13(16)17)8(7-9)3-6-11(14)15/h3-7H,1-2H3,(H,14,15)/b6-3+. The molecule has 0 aliphatic carbocycles. The van der Waals surface area contributed by atoms with Crippen molar-refractivity contribution in [1.82, 2.24) is 0 Å². The van der Waals surface area contributed by atoms with E-state index < -0.39 is 10.9 Å². The van der Waals surface area contributed by atoms with Gasteiger partial charge in [0.15, 0.2) is 0 Å². The van der Waals surface area contributed by atoms with Crippen molar-refractivity contribution in [3.8, 4) is 0 Å². The van der Waals surface area contributed by atoms with Gasteiger partial charge >= 0.3 is 5.97 Å². The Kier molecular flexibility index (Phi) is 3.82. The van der Waals surface area contributed by atoms with Crippen molar-refractivity contribution in [3.63, 3.8) is 0 Å². The van der Waals surface area contributed by atoms with Gasteiger partial charge in [-0.25, -0.2) is 4.79 Å². The number of aliphatic carboxylic acids is 1. The number of hydrogen-bond acceptors (Lipinski definition) is 4. The molecule has 6 nitrogen and oxygen atoms in total. The molecule has 6 heteroatoms. The molecule has 90 valence electrons. The van der Waals surface area contributed by atoms with Crippen LogP contribution in [-0.2, 0) is 4.79 Å². The minimum Gasteiger partial charge on any atom is -0.478 e. The molecule has 17 heavy (non-hydrogen) atoms. The number of nitro benzene ring substituents is 1. The lowest BCUT2D eigenvalue weighted by Gasteiger charge is -2.12. The van der Waals surface area contributed by atoms with Gasteiger partial charge < -0.3 is 10.0 Å². The highest BCUT2D eigenvalue weighted by atomic mass is 16.6. The highest BCUT2D eigenvalue weighted by Crippen LogP contribution is 2.25. The number of carboxylic acids is 1. The zero-order chi connectivity index (χ0) is 13.0. The van der Waals surface area contributed by atoms with E-state index in [4.69, 9.17) is 5.11 Å². The van der Waals surface area contributed by atoms with Crippen LogP contribution in [0, 0.1) is 10.1 Å². The maximum absolute atomic E-state index is 10.8. The second kappa shape index (κ2) is 5.11. The minimum atomic E-state index is -1.14. The molecule has 0 saturated carbocycles.